The lowest BCUT2D eigenvalue weighted by Crippen LogP contribution is -2.35. The van der Waals surface area contributed by atoms with Gasteiger partial charge in [-0.25, -0.2) is 4.39 Å². The molecule has 0 bridgehead atoms. The van der Waals surface area contributed by atoms with Crippen molar-refractivity contribution in [3.63, 3.8) is 0 Å². The Morgan fingerprint density at radius 1 is 0.656 bits per heavy atom. The normalized spacial score (nSPS) is 42.6. The topological polar surface area (TPSA) is 9.23 Å². The Bertz CT molecular complexity index is 598. The summed E-state index contributed by atoms with van der Waals surface area (Å²) in [5.74, 6) is 3.07. The van der Waals surface area contributed by atoms with Gasteiger partial charge in [0.1, 0.15) is 5.83 Å². The Balaban J connectivity index is 1.16. The van der Waals surface area contributed by atoms with Gasteiger partial charge in [-0.1, -0.05) is 6.92 Å². The lowest BCUT2D eigenvalue weighted by Gasteiger charge is -2.42. The third kappa shape index (κ3) is 6.51. The highest BCUT2D eigenvalue weighted by Crippen LogP contribution is 2.47. The molecular formula is C27H42F4O. The molecule has 0 N–H and O–H groups in total. The fraction of sp³-hybridized carbons (Fsp3) is 0.926. The number of hydrogen-bond donors (Lipinski definition) is 0. The molecule has 1 saturated heterocycles. The highest BCUT2D eigenvalue weighted by molar-refractivity contribution is 5.03. The summed E-state index contributed by atoms with van der Waals surface area (Å²) < 4.78 is 57.3. The third-order valence-electron chi connectivity index (χ3n) is 9.49. The molecule has 0 aromatic heterocycles. The molecule has 1 nitrogen and oxygen atoms in total. The van der Waals surface area contributed by atoms with Crippen molar-refractivity contribution < 1.29 is 22.3 Å². The van der Waals surface area contributed by atoms with Crippen molar-refractivity contribution >= 4 is 0 Å². The average Bonchev–Trinajstić information content (AvgIpc) is 2.79. The predicted octanol–water partition coefficient (Wildman–Crippen LogP) is 8.64. The van der Waals surface area contributed by atoms with Gasteiger partial charge in [0.25, 0.3) is 0 Å². The molecule has 32 heavy (non-hydrogen) atoms. The van der Waals surface area contributed by atoms with E-state index < -0.39 is 17.9 Å². The maximum Gasteiger partial charge on any atom is 0.412 e. The molecule has 184 valence electrons. The van der Waals surface area contributed by atoms with E-state index in [0.29, 0.717) is 30.8 Å². The average molecular weight is 459 g/mol. The smallest absolute Gasteiger partial charge is 0.378 e. The molecule has 1 heterocycles. The number of ether oxygens (including phenoxy) is 1. The second-order valence-corrected chi connectivity index (χ2v) is 11.6. The molecule has 4 fully saturated rings. The van der Waals surface area contributed by atoms with Crippen LogP contribution in [0.3, 0.4) is 0 Å². The van der Waals surface area contributed by atoms with Gasteiger partial charge in [-0.05, 0) is 125 Å². The second-order valence-electron chi connectivity index (χ2n) is 11.6. The highest BCUT2D eigenvalue weighted by atomic mass is 19.4. The molecular weight excluding hydrogens is 416 g/mol. The van der Waals surface area contributed by atoms with Crippen LogP contribution in [0.1, 0.15) is 96.8 Å². The summed E-state index contributed by atoms with van der Waals surface area (Å²) in [5.41, 5.74) is 0. The fourth-order valence-corrected chi connectivity index (χ4v) is 7.49. The standard InChI is InChI=1S/C27H42F4O/c1-18-2-15-26(32-17-18)24-13-9-22(10-14-24)20-5-3-19(4-6-20)21-7-11-23(12-8-21)25(28)16-27(29,30)31/h16,18-24,26H,2-15,17H2,1H3/b25-16-. The summed E-state index contributed by atoms with van der Waals surface area (Å²) in [6.07, 6.45) is 11.9. The molecule has 2 atom stereocenters. The van der Waals surface area contributed by atoms with Crippen LogP contribution in [0.15, 0.2) is 11.9 Å². The van der Waals surface area contributed by atoms with Crippen LogP contribution in [0.4, 0.5) is 17.6 Å². The molecule has 4 rings (SSSR count). The number of rotatable bonds is 4. The van der Waals surface area contributed by atoms with E-state index in [1.165, 1.54) is 64.2 Å². The van der Waals surface area contributed by atoms with E-state index in [4.69, 9.17) is 4.74 Å². The van der Waals surface area contributed by atoms with Crippen LogP contribution in [0.25, 0.3) is 0 Å². The van der Waals surface area contributed by atoms with Gasteiger partial charge in [0.2, 0.25) is 0 Å². The zero-order valence-corrected chi connectivity index (χ0v) is 19.7. The van der Waals surface area contributed by atoms with Crippen molar-refractivity contribution in [3.8, 4) is 0 Å². The van der Waals surface area contributed by atoms with Crippen LogP contribution in [-0.4, -0.2) is 18.9 Å². The first-order chi connectivity index (χ1) is 15.3. The molecule has 5 heteroatoms. The van der Waals surface area contributed by atoms with Gasteiger partial charge in [-0.2, -0.15) is 13.2 Å². The molecule has 1 aliphatic heterocycles. The highest BCUT2D eigenvalue weighted by Gasteiger charge is 2.37. The van der Waals surface area contributed by atoms with Crippen molar-refractivity contribution in [2.24, 2.45) is 41.4 Å². The lowest BCUT2D eigenvalue weighted by molar-refractivity contribution is -0.0821. The Kier molecular flexibility index (Phi) is 8.27. The summed E-state index contributed by atoms with van der Waals surface area (Å²) >= 11 is 0. The zero-order chi connectivity index (χ0) is 22.7. The Morgan fingerprint density at radius 2 is 1.09 bits per heavy atom. The molecule has 4 aliphatic rings. The Labute approximate surface area is 191 Å². The molecule has 0 aromatic rings. The minimum absolute atomic E-state index is 0.126. The van der Waals surface area contributed by atoms with Crippen molar-refractivity contribution in [2.75, 3.05) is 6.61 Å². The summed E-state index contributed by atoms with van der Waals surface area (Å²) in [6.45, 7) is 3.24. The van der Waals surface area contributed by atoms with Crippen LogP contribution in [0.5, 0.6) is 0 Å². The van der Waals surface area contributed by atoms with Crippen LogP contribution >= 0.6 is 0 Å². The molecule has 0 radical (unpaired) electrons. The van der Waals surface area contributed by atoms with Crippen LogP contribution in [0, 0.1) is 41.4 Å². The van der Waals surface area contributed by atoms with Crippen molar-refractivity contribution in [1.82, 2.24) is 0 Å². The Hall–Kier alpha value is -0.580. The van der Waals surface area contributed by atoms with Crippen molar-refractivity contribution in [3.05, 3.63) is 11.9 Å². The predicted molar refractivity (Wildman–Crippen MR) is 120 cm³/mol. The SMILES string of the molecule is CC1CCC(C2CCC(C3CCC(C4CCC(/C(F)=C/C(F)(F)F)CC4)CC3)CC2)OC1. The molecule has 3 saturated carbocycles. The number of allylic oxidation sites excluding steroid dienone is 2. The molecule has 0 amide bonds. The molecule has 0 aromatic carbocycles. The first-order valence-corrected chi connectivity index (χ1v) is 13.3. The van der Waals surface area contributed by atoms with Gasteiger partial charge < -0.3 is 4.74 Å². The minimum Gasteiger partial charge on any atom is -0.378 e. The first kappa shape index (κ1) is 24.5. The van der Waals surface area contributed by atoms with E-state index >= 15 is 0 Å². The summed E-state index contributed by atoms with van der Waals surface area (Å²) in [5, 5.41) is 0. The quantitative estimate of drug-likeness (QED) is 0.383. The maximum atomic E-state index is 13.9. The summed E-state index contributed by atoms with van der Waals surface area (Å²) in [7, 11) is 0. The van der Waals surface area contributed by atoms with Gasteiger partial charge in [0.05, 0.1) is 12.2 Å². The molecule has 0 spiro atoms. The van der Waals surface area contributed by atoms with Gasteiger partial charge in [0.15, 0.2) is 0 Å². The zero-order valence-electron chi connectivity index (χ0n) is 19.7. The number of hydrogen-bond acceptors (Lipinski definition) is 1. The van der Waals surface area contributed by atoms with Gasteiger partial charge in [0, 0.05) is 12.5 Å². The fourth-order valence-electron chi connectivity index (χ4n) is 7.49. The van der Waals surface area contributed by atoms with E-state index in [1.807, 2.05) is 0 Å². The lowest BCUT2D eigenvalue weighted by atomic mass is 9.64. The van der Waals surface area contributed by atoms with Gasteiger partial charge >= 0.3 is 6.18 Å². The second kappa shape index (κ2) is 10.8. The monoisotopic (exact) mass is 458 g/mol. The first-order valence-electron chi connectivity index (χ1n) is 13.3. The van der Waals surface area contributed by atoms with Crippen LogP contribution in [0.2, 0.25) is 0 Å². The Morgan fingerprint density at radius 3 is 1.50 bits per heavy atom. The van der Waals surface area contributed by atoms with E-state index in [9.17, 15) is 17.6 Å². The largest absolute Gasteiger partial charge is 0.412 e. The van der Waals surface area contributed by atoms with E-state index in [1.54, 1.807) is 0 Å². The van der Waals surface area contributed by atoms with Crippen molar-refractivity contribution in [2.45, 2.75) is 109 Å². The van der Waals surface area contributed by atoms with Gasteiger partial charge in [-0.3, -0.25) is 0 Å². The van der Waals surface area contributed by atoms with Crippen LogP contribution in [-0.2, 0) is 4.74 Å². The summed E-state index contributed by atoms with van der Waals surface area (Å²) in [4.78, 5) is 0. The third-order valence-corrected chi connectivity index (χ3v) is 9.49. The van der Waals surface area contributed by atoms with E-state index in [2.05, 4.69) is 6.92 Å². The van der Waals surface area contributed by atoms with E-state index in [0.717, 1.165) is 43.1 Å². The molecule has 3 aliphatic carbocycles. The minimum atomic E-state index is -4.54. The summed E-state index contributed by atoms with van der Waals surface area (Å²) in [6, 6.07) is 0. The maximum absolute atomic E-state index is 13.9. The number of halogens is 4. The van der Waals surface area contributed by atoms with E-state index in [-0.39, 0.29) is 6.08 Å². The van der Waals surface area contributed by atoms with Crippen LogP contribution < -0.4 is 0 Å². The van der Waals surface area contributed by atoms with Crippen molar-refractivity contribution in [1.29, 1.82) is 0 Å². The van der Waals surface area contributed by atoms with Gasteiger partial charge in [-0.15, -0.1) is 0 Å². The molecule has 2 unspecified atom stereocenters. The number of alkyl halides is 3.